The standard InChI is InChI=1S/C4H10NO5P.ClH/c5-3(4(6)7)1-2-11(8,9)10;/h3H,1-2,5H2,(H,6,7)(H2,8,9,10);1H. The van der Waals surface area contributed by atoms with E-state index in [4.69, 9.17) is 20.6 Å². The van der Waals surface area contributed by atoms with Gasteiger partial charge in [-0.15, -0.1) is 12.4 Å². The Kier molecular flexibility index (Phi) is 6.60. The van der Waals surface area contributed by atoms with Crippen LogP contribution in [0.5, 0.6) is 0 Å². The van der Waals surface area contributed by atoms with Crippen molar-refractivity contribution in [1.82, 2.24) is 0 Å². The summed E-state index contributed by atoms with van der Waals surface area (Å²) in [6.45, 7) is 0. The smallest absolute Gasteiger partial charge is 0.325 e. The summed E-state index contributed by atoms with van der Waals surface area (Å²) in [5.74, 6) is -1.25. The third-order valence-corrected chi connectivity index (χ3v) is 1.89. The number of carbonyl (C=O) groups is 1. The van der Waals surface area contributed by atoms with Crippen molar-refractivity contribution in [2.45, 2.75) is 12.5 Å². The van der Waals surface area contributed by atoms with Crippen molar-refractivity contribution in [2.24, 2.45) is 5.73 Å². The Morgan fingerprint density at radius 3 is 2.17 bits per heavy atom. The van der Waals surface area contributed by atoms with Gasteiger partial charge in [-0.05, 0) is 6.42 Å². The van der Waals surface area contributed by atoms with Gasteiger partial charge in [-0.3, -0.25) is 9.36 Å². The van der Waals surface area contributed by atoms with E-state index in [2.05, 4.69) is 0 Å². The topological polar surface area (TPSA) is 121 Å². The van der Waals surface area contributed by atoms with Gasteiger partial charge >= 0.3 is 13.6 Å². The lowest BCUT2D eigenvalue weighted by Crippen LogP contribution is -2.30. The highest BCUT2D eigenvalue weighted by Gasteiger charge is 2.18. The molecule has 8 heteroatoms. The number of rotatable bonds is 4. The molecular formula is C4H11ClNO5P. The van der Waals surface area contributed by atoms with Crippen molar-refractivity contribution in [3.63, 3.8) is 0 Å². The van der Waals surface area contributed by atoms with Gasteiger partial charge in [0.25, 0.3) is 0 Å². The van der Waals surface area contributed by atoms with Gasteiger partial charge in [0.1, 0.15) is 6.04 Å². The Morgan fingerprint density at radius 1 is 1.50 bits per heavy atom. The maximum atomic E-state index is 10.2. The first-order valence-electron chi connectivity index (χ1n) is 2.86. The summed E-state index contributed by atoms with van der Waals surface area (Å²) >= 11 is 0. The maximum Gasteiger partial charge on any atom is 0.325 e. The minimum atomic E-state index is -4.10. The van der Waals surface area contributed by atoms with Crippen LogP contribution in [0.3, 0.4) is 0 Å². The molecule has 0 spiro atoms. The second-order valence-electron chi connectivity index (χ2n) is 2.12. The number of hydrogen-bond donors (Lipinski definition) is 4. The summed E-state index contributed by atoms with van der Waals surface area (Å²) in [4.78, 5) is 26.7. The van der Waals surface area contributed by atoms with E-state index in [1.165, 1.54) is 0 Å². The number of carboxylic acid groups (broad SMARTS) is 1. The van der Waals surface area contributed by atoms with Crippen LogP contribution in [0.25, 0.3) is 0 Å². The first-order chi connectivity index (χ1) is 4.83. The molecule has 5 N–H and O–H groups in total. The first-order valence-corrected chi connectivity index (χ1v) is 4.65. The zero-order chi connectivity index (χ0) is 9.07. The Bertz CT molecular complexity index is 192. The molecule has 0 aliphatic heterocycles. The SMILES string of the molecule is Cl.NC(CCP(=O)(O)O)C(=O)O. The van der Waals surface area contributed by atoms with Gasteiger partial charge in [0.2, 0.25) is 0 Å². The van der Waals surface area contributed by atoms with Crippen molar-refractivity contribution >= 4 is 26.0 Å². The molecular weight excluding hydrogens is 208 g/mol. The summed E-state index contributed by atoms with van der Waals surface area (Å²) < 4.78 is 10.2. The van der Waals surface area contributed by atoms with Gasteiger partial charge in [0.15, 0.2) is 0 Å². The third-order valence-electron chi connectivity index (χ3n) is 1.05. The van der Waals surface area contributed by atoms with E-state index in [1.54, 1.807) is 0 Å². The highest BCUT2D eigenvalue weighted by Crippen LogP contribution is 2.35. The largest absolute Gasteiger partial charge is 0.480 e. The molecule has 0 aliphatic carbocycles. The average molecular weight is 220 g/mol. The highest BCUT2D eigenvalue weighted by atomic mass is 35.5. The number of halogens is 1. The number of aliphatic carboxylic acids is 1. The normalized spacial score (nSPS) is 13.2. The third kappa shape index (κ3) is 7.97. The molecule has 0 aromatic heterocycles. The zero-order valence-corrected chi connectivity index (χ0v) is 7.79. The highest BCUT2D eigenvalue weighted by molar-refractivity contribution is 7.51. The molecule has 0 rings (SSSR count). The molecule has 0 fully saturated rings. The molecule has 12 heavy (non-hydrogen) atoms. The maximum absolute atomic E-state index is 10.2. The van der Waals surface area contributed by atoms with E-state index < -0.39 is 25.8 Å². The number of carboxylic acids is 1. The van der Waals surface area contributed by atoms with Crippen LogP contribution in [0.1, 0.15) is 6.42 Å². The molecule has 0 saturated heterocycles. The second-order valence-corrected chi connectivity index (χ2v) is 3.90. The van der Waals surface area contributed by atoms with Crippen LogP contribution in [0.2, 0.25) is 0 Å². The van der Waals surface area contributed by atoms with E-state index in [1.807, 2.05) is 0 Å². The van der Waals surface area contributed by atoms with Gasteiger partial charge in [-0.1, -0.05) is 0 Å². The van der Waals surface area contributed by atoms with Gasteiger partial charge in [-0.25, -0.2) is 0 Å². The Balaban J connectivity index is 0. The molecule has 0 aliphatic rings. The fraction of sp³-hybridized carbons (Fsp3) is 0.750. The predicted octanol–water partition coefficient (Wildman–Crippen LogP) is -0.612. The van der Waals surface area contributed by atoms with Crippen LogP contribution in [0.4, 0.5) is 0 Å². The lowest BCUT2D eigenvalue weighted by Gasteiger charge is -2.06. The molecule has 0 aromatic carbocycles. The zero-order valence-electron chi connectivity index (χ0n) is 6.08. The van der Waals surface area contributed by atoms with Crippen molar-refractivity contribution < 1.29 is 24.3 Å². The van der Waals surface area contributed by atoms with Crippen molar-refractivity contribution in [1.29, 1.82) is 0 Å². The van der Waals surface area contributed by atoms with E-state index in [0.29, 0.717) is 0 Å². The van der Waals surface area contributed by atoms with Crippen molar-refractivity contribution in [2.75, 3.05) is 6.16 Å². The van der Waals surface area contributed by atoms with E-state index >= 15 is 0 Å². The molecule has 0 aromatic rings. The van der Waals surface area contributed by atoms with E-state index in [9.17, 15) is 9.36 Å². The minimum absolute atomic E-state index is 0. The lowest BCUT2D eigenvalue weighted by molar-refractivity contribution is -0.138. The molecule has 0 saturated carbocycles. The van der Waals surface area contributed by atoms with Gasteiger partial charge in [-0.2, -0.15) is 0 Å². The summed E-state index contributed by atoms with van der Waals surface area (Å²) in [6, 6.07) is -1.19. The van der Waals surface area contributed by atoms with Crippen LogP contribution in [-0.2, 0) is 9.36 Å². The van der Waals surface area contributed by atoms with Gasteiger partial charge < -0.3 is 20.6 Å². The molecule has 74 valence electrons. The minimum Gasteiger partial charge on any atom is -0.480 e. The van der Waals surface area contributed by atoms with Gasteiger partial charge in [0, 0.05) is 0 Å². The molecule has 1 atom stereocenters. The van der Waals surface area contributed by atoms with Crippen molar-refractivity contribution in [3.8, 4) is 0 Å². The van der Waals surface area contributed by atoms with E-state index in [0.717, 1.165) is 0 Å². The molecule has 0 heterocycles. The van der Waals surface area contributed by atoms with E-state index in [-0.39, 0.29) is 18.8 Å². The summed E-state index contributed by atoms with van der Waals surface area (Å²) in [5.41, 5.74) is 4.98. The molecule has 0 radical (unpaired) electrons. The number of nitrogens with two attached hydrogens (primary N) is 1. The Morgan fingerprint density at radius 2 is 1.92 bits per heavy atom. The molecule has 6 nitrogen and oxygen atoms in total. The number of hydrogen-bond acceptors (Lipinski definition) is 3. The fourth-order valence-electron chi connectivity index (χ4n) is 0.431. The monoisotopic (exact) mass is 219 g/mol. The quantitative estimate of drug-likeness (QED) is 0.468. The first kappa shape index (κ1) is 14.4. The Labute approximate surface area is 75.3 Å². The lowest BCUT2D eigenvalue weighted by atomic mass is 10.2. The fourth-order valence-corrected chi connectivity index (χ4v) is 1.05. The van der Waals surface area contributed by atoms with Crippen LogP contribution < -0.4 is 5.73 Å². The molecule has 1 unspecified atom stereocenters. The van der Waals surface area contributed by atoms with Gasteiger partial charge in [0.05, 0.1) is 6.16 Å². The van der Waals surface area contributed by atoms with Crippen LogP contribution in [0, 0.1) is 0 Å². The van der Waals surface area contributed by atoms with Crippen LogP contribution in [0.15, 0.2) is 0 Å². The van der Waals surface area contributed by atoms with Crippen LogP contribution in [-0.4, -0.2) is 33.1 Å². The Hall–Kier alpha value is -0.130. The summed E-state index contributed by atoms with van der Waals surface area (Å²) in [5, 5.41) is 8.20. The molecule has 0 amide bonds. The predicted molar refractivity (Wildman–Crippen MR) is 44.4 cm³/mol. The van der Waals surface area contributed by atoms with Crippen molar-refractivity contribution in [3.05, 3.63) is 0 Å². The van der Waals surface area contributed by atoms with Crippen LogP contribution >= 0.6 is 20.0 Å². The summed E-state index contributed by atoms with van der Waals surface area (Å²) in [6.07, 6.45) is -0.694. The summed E-state index contributed by atoms with van der Waals surface area (Å²) in [7, 11) is -4.10. The second kappa shape index (κ2) is 5.50. The molecule has 0 bridgehead atoms. The average Bonchev–Trinajstić information content (AvgIpc) is 1.80.